The smallest absolute Gasteiger partial charge is 0.304 e. The van der Waals surface area contributed by atoms with Crippen LogP contribution in [0.5, 0.6) is 0 Å². The van der Waals surface area contributed by atoms with E-state index in [-0.39, 0.29) is 13.0 Å². The van der Waals surface area contributed by atoms with Gasteiger partial charge in [0, 0.05) is 12.6 Å². The van der Waals surface area contributed by atoms with Crippen molar-refractivity contribution < 1.29 is 9.90 Å². The molecule has 1 saturated heterocycles. The van der Waals surface area contributed by atoms with Gasteiger partial charge in [-0.2, -0.15) is 0 Å². The molecule has 0 spiro atoms. The minimum absolute atomic E-state index is 0.0694. The van der Waals surface area contributed by atoms with E-state index in [0.29, 0.717) is 0 Å². The van der Waals surface area contributed by atoms with Crippen LogP contribution in [0.3, 0.4) is 0 Å². The maximum absolute atomic E-state index is 9.52. The van der Waals surface area contributed by atoms with E-state index < -0.39 is 5.97 Å². The van der Waals surface area contributed by atoms with E-state index in [1.807, 2.05) is 0 Å². The fourth-order valence-corrected chi connectivity index (χ4v) is 1.37. The first-order chi connectivity index (χ1) is 6.57. The number of nitrogens with two attached hydrogens (primary N) is 1. The lowest BCUT2D eigenvalue weighted by molar-refractivity contribution is -0.136. The summed E-state index contributed by atoms with van der Waals surface area (Å²) in [5.41, 5.74) is 4.85. The zero-order valence-electron chi connectivity index (χ0n) is 9.20. The third kappa shape index (κ3) is 6.86. The molecule has 1 fully saturated rings. The quantitative estimate of drug-likeness (QED) is 0.698. The Balaban J connectivity index is 0.000000255. The molecular weight excluding hydrogens is 180 g/mol. The van der Waals surface area contributed by atoms with E-state index in [1.165, 1.54) is 25.8 Å². The van der Waals surface area contributed by atoms with Crippen LogP contribution in [0.1, 0.15) is 32.6 Å². The van der Waals surface area contributed by atoms with Crippen LogP contribution in [0.25, 0.3) is 0 Å². The largest absolute Gasteiger partial charge is 0.481 e. The average Bonchev–Trinajstić information content (AvgIpc) is 2.11. The highest BCUT2D eigenvalue weighted by Crippen LogP contribution is 2.13. The van der Waals surface area contributed by atoms with Crippen molar-refractivity contribution in [1.82, 2.24) is 4.90 Å². The van der Waals surface area contributed by atoms with Crippen LogP contribution in [0, 0.1) is 0 Å². The Bertz CT molecular complexity index is 152. The highest BCUT2D eigenvalue weighted by Gasteiger charge is 2.12. The molecule has 0 bridgehead atoms. The molecule has 3 N–H and O–H groups in total. The van der Waals surface area contributed by atoms with E-state index in [4.69, 9.17) is 10.8 Å². The fraction of sp³-hybridized carbons (Fsp3) is 0.900. The topological polar surface area (TPSA) is 66.6 Å². The van der Waals surface area contributed by atoms with Gasteiger partial charge in [-0.25, -0.2) is 0 Å². The zero-order chi connectivity index (χ0) is 11.0. The summed E-state index contributed by atoms with van der Waals surface area (Å²) in [7, 11) is 2.21. The molecule has 1 aliphatic rings. The van der Waals surface area contributed by atoms with E-state index in [9.17, 15) is 4.79 Å². The zero-order valence-corrected chi connectivity index (χ0v) is 9.20. The first kappa shape index (κ1) is 13.4. The van der Waals surface area contributed by atoms with Crippen LogP contribution in [0.4, 0.5) is 0 Å². The van der Waals surface area contributed by atoms with Gasteiger partial charge >= 0.3 is 5.97 Å². The molecule has 0 aromatic heterocycles. The predicted octanol–water partition coefficient (Wildman–Crippen LogP) is 0.910. The monoisotopic (exact) mass is 202 g/mol. The van der Waals surface area contributed by atoms with Crippen LogP contribution < -0.4 is 5.73 Å². The molecule has 1 heterocycles. The average molecular weight is 202 g/mol. The summed E-state index contributed by atoms with van der Waals surface area (Å²) in [6, 6.07) is 0.837. The summed E-state index contributed by atoms with van der Waals surface area (Å²) in [6.45, 7) is 3.84. The minimum atomic E-state index is -0.836. The molecule has 4 heteroatoms. The molecule has 0 saturated carbocycles. The second-order valence-electron chi connectivity index (χ2n) is 3.76. The van der Waals surface area contributed by atoms with Crippen molar-refractivity contribution in [2.75, 3.05) is 20.1 Å². The summed E-state index contributed by atoms with van der Waals surface area (Å²) in [5, 5.41) is 7.83. The Labute approximate surface area is 86.1 Å². The number of likely N-dealkylation sites (tertiary alicyclic amines) is 1. The van der Waals surface area contributed by atoms with Gasteiger partial charge in [-0.15, -0.1) is 0 Å². The Morgan fingerprint density at radius 1 is 1.57 bits per heavy atom. The van der Waals surface area contributed by atoms with Gasteiger partial charge in [0.1, 0.15) is 0 Å². The van der Waals surface area contributed by atoms with E-state index in [0.717, 1.165) is 6.04 Å². The van der Waals surface area contributed by atoms with Crippen LogP contribution >= 0.6 is 0 Å². The summed E-state index contributed by atoms with van der Waals surface area (Å²) >= 11 is 0. The standard InChI is InChI=1S/C7H15N.C3H7NO2/c1-7-5-3-4-6-8(7)2;4-2-1-3(5)6/h7H,3-6H2,1-2H3;1-2,4H2,(H,5,6). The first-order valence-corrected chi connectivity index (χ1v) is 5.20. The molecule has 1 atom stereocenters. The van der Waals surface area contributed by atoms with Crippen LogP contribution in [0.2, 0.25) is 0 Å². The third-order valence-electron chi connectivity index (χ3n) is 2.49. The predicted molar refractivity (Wildman–Crippen MR) is 57.3 cm³/mol. The molecule has 0 aromatic carbocycles. The van der Waals surface area contributed by atoms with Crippen molar-refractivity contribution in [1.29, 1.82) is 0 Å². The number of nitrogens with zero attached hydrogens (tertiary/aromatic N) is 1. The number of hydrogen-bond donors (Lipinski definition) is 2. The van der Waals surface area contributed by atoms with Gasteiger partial charge < -0.3 is 15.7 Å². The lowest BCUT2D eigenvalue weighted by Gasteiger charge is -2.29. The molecule has 14 heavy (non-hydrogen) atoms. The van der Waals surface area contributed by atoms with Crippen molar-refractivity contribution in [3.05, 3.63) is 0 Å². The lowest BCUT2D eigenvalue weighted by Crippen LogP contribution is -2.33. The van der Waals surface area contributed by atoms with Gasteiger partial charge in [-0.05, 0) is 33.4 Å². The first-order valence-electron chi connectivity index (χ1n) is 5.20. The van der Waals surface area contributed by atoms with E-state index in [1.54, 1.807) is 0 Å². The molecule has 0 amide bonds. The fourth-order valence-electron chi connectivity index (χ4n) is 1.37. The number of carboxylic acids is 1. The lowest BCUT2D eigenvalue weighted by atomic mass is 10.1. The number of carboxylic acid groups (broad SMARTS) is 1. The Morgan fingerprint density at radius 3 is 2.43 bits per heavy atom. The second-order valence-corrected chi connectivity index (χ2v) is 3.76. The van der Waals surface area contributed by atoms with Gasteiger partial charge in [0.05, 0.1) is 6.42 Å². The van der Waals surface area contributed by atoms with Crippen molar-refractivity contribution in [2.45, 2.75) is 38.6 Å². The maximum Gasteiger partial charge on any atom is 0.304 e. The number of carbonyl (C=O) groups is 1. The Kier molecular flexibility index (Phi) is 7.42. The second kappa shape index (κ2) is 7.76. The van der Waals surface area contributed by atoms with Crippen molar-refractivity contribution in [3.63, 3.8) is 0 Å². The summed E-state index contributed by atoms with van der Waals surface area (Å²) in [5.74, 6) is -0.836. The van der Waals surface area contributed by atoms with Crippen molar-refractivity contribution in [3.8, 4) is 0 Å². The molecule has 4 nitrogen and oxygen atoms in total. The summed E-state index contributed by atoms with van der Waals surface area (Å²) in [4.78, 5) is 12.0. The van der Waals surface area contributed by atoms with Crippen molar-refractivity contribution >= 4 is 5.97 Å². The molecule has 0 aromatic rings. The van der Waals surface area contributed by atoms with Gasteiger partial charge in [-0.1, -0.05) is 6.42 Å². The molecule has 1 rings (SSSR count). The van der Waals surface area contributed by atoms with Crippen molar-refractivity contribution in [2.24, 2.45) is 5.73 Å². The highest BCUT2D eigenvalue weighted by molar-refractivity contribution is 5.66. The van der Waals surface area contributed by atoms with Gasteiger partial charge in [-0.3, -0.25) is 4.79 Å². The third-order valence-corrected chi connectivity index (χ3v) is 2.49. The normalized spacial score (nSPS) is 22.4. The highest BCUT2D eigenvalue weighted by atomic mass is 16.4. The van der Waals surface area contributed by atoms with Crippen LogP contribution in [-0.2, 0) is 4.79 Å². The number of aliphatic carboxylic acids is 1. The summed E-state index contributed by atoms with van der Waals surface area (Å²) in [6.07, 6.45) is 4.31. The van der Waals surface area contributed by atoms with Crippen LogP contribution in [-0.4, -0.2) is 42.2 Å². The maximum atomic E-state index is 9.52. The molecule has 1 aliphatic heterocycles. The molecule has 0 radical (unpaired) electrons. The Hall–Kier alpha value is -0.610. The molecule has 84 valence electrons. The van der Waals surface area contributed by atoms with Gasteiger partial charge in [0.25, 0.3) is 0 Å². The molecule has 1 unspecified atom stereocenters. The SMILES string of the molecule is CC1CCCCN1C.NCCC(=O)O. The molecular formula is C10H22N2O2. The van der Waals surface area contributed by atoms with Gasteiger partial charge in [0.15, 0.2) is 0 Å². The number of piperidine rings is 1. The minimum Gasteiger partial charge on any atom is -0.481 e. The summed E-state index contributed by atoms with van der Waals surface area (Å²) < 4.78 is 0. The number of rotatable bonds is 2. The Morgan fingerprint density at radius 2 is 2.21 bits per heavy atom. The molecule has 0 aliphatic carbocycles. The van der Waals surface area contributed by atoms with Crippen LogP contribution in [0.15, 0.2) is 0 Å². The number of hydrogen-bond acceptors (Lipinski definition) is 3. The van der Waals surface area contributed by atoms with E-state index in [2.05, 4.69) is 18.9 Å². The van der Waals surface area contributed by atoms with Gasteiger partial charge in [0.2, 0.25) is 0 Å². The van der Waals surface area contributed by atoms with E-state index >= 15 is 0 Å².